The zero-order valence-electron chi connectivity index (χ0n) is 20.1. The second kappa shape index (κ2) is 10.9. The van der Waals surface area contributed by atoms with Gasteiger partial charge in [-0.05, 0) is 69.2 Å². The lowest BCUT2D eigenvalue weighted by Crippen LogP contribution is -2.33. The number of amides is 2. The lowest BCUT2D eigenvalue weighted by atomic mass is 10.1. The minimum Gasteiger partial charge on any atom is -0.352 e. The number of fused-ring (bicyclic) bond motifs is 1. The Morgan fingerprint density at radius 1 is 1.03 bits per heavy atom. The van der Waals surface area contributed by atoms with E-state index in [0.717, 1.165) is 38.2 Å². The quantitative estimate of drug-likeness (QED) is 0.268. The molecule has 1 aliphatic rings. The van der Waals surface area contributed by atoms with Crippen LogP contribution in [0.25, 0.3) is 22.6 Å². The van der Waals surface area contributed by atoms with Crippen molar-refractivity contribution >= 4 is 28.5 Å². The van der Waals surface area contributed by atoms with E-state index >= 15 is 0 Å². The Bertz CT molecular complexity index is 1410. The van der Waals surface area contributed by atoms with Gasteiger partial charge in [0.1, 0.15) is 22.9 Å². The fourth-order valence-electron chi connectivity index (χ4n) is 4.52. The van der Waals surface area contributed by atoms with E-state index in [2.05, 4.69) is 35.7 Å². The maximum Gasteiger partial charge on any atom is 0.261 e. The number of rotatable bonds is 8. The minimum absolute atomic E-state index is 0.168. The van der Waals surface area contributed by atoms with Gasteiger partial charge in [0.25, 0.3) is 11.8 Å². The fraction of sp³-hybridized carbons (Fsp3) is 0.308. The summed E-state index contributed by atoms with van der Waals surface area (Å²) in [5.74, 6) is -2.71. The molecule has 37 heavy (non-hydrogen) atoms. The van der Waals surface area contributed by atoms with Gasteiger partial charge in [-0.1, -0.05) is 12.5 Å². The molecule has 2 aromatic carbocycles. The number of hydrogen-bond acceptors (Lipinski definition) is 5. The SMILES string of the molecule is O=C(NCCCN1CCCCC1)c1ccc2nc(-c3[nH]ncc3NC(=O)c3c(F)cccc3F)[nH]c2c1. The zero-order valence-corrected chi connectivity index (χ0v) is 20.1. The standard InChI is InChI=1S/C26H27F2N7O2/c27-17-6-4-7-18(28)22(17)26(37)33-21-15-30-34-23(21)24-31-19-9-8-16(14-20(19)32-24)25(36)29-10-5-13-35-11-2-1-3-12-35/h4,6-9,14-15H,1-3,5,10-13H2,(H,29,36)(H,30,34)(H,31,32)(H,33,37). The molecule has 0 aliphatic carbocycles. The van der Waals surface area contributed by atoms with Crippen molar-refractivity contribution in [1.82, 2.24) is 30.4 Å². The van der Waals surface area contributed by atoms with Crippen molar-refractivity contribution in [3.63, 3.8) is 0 Å². The summed E-state index contributed by atoms with van der Waals surface area (Å²) in [6.45, 7) is 3.85. The Labute approximate surface area is 211 Å². The van der Waals surface area contributed by atoms with E-state index in [1.165, 1.54) is 31.5 Å². The summed E-state index contributed by atoms with van der Waals surface area (Å²) < 4.78 is 28.0. The van der Waals surface area contributed by atoms with Crippen LogP contribution in [0.3, 0.4) is 0 Å². The first kappa shape index (κ1) is 24.6. The van der Waals surface area contributed by atoms with Gasteiger partial charge in [-0.25, -0.2) is 13.8 Å². The third-order valence-electron chi connectivity index (χ3n) is 6.44. The molecule has 5 rings (SSSR count). The zero-order chi connectivity index (χ0) is 25.8. The molecule has 2 amide bonds. The summed E-state index contributed by atoms with van der Waals surface area (Å²) >= 11 is 0. The number of nitrogens with zero attached hydrogens (tertiary/aromatic N) is 3. The van der Waals surface area contributed by atoms with Gasteiger partial charge in [0.05, 0.1) is 22.9 Å². The van der Waals surface area contributed by atoms with Crippen LogP contribution in [0.1, 0.15) is 46.4 Å². The summed E-state index contributed by atoms with van der Waals surface area (Å²) in [5, 5.41) is 12.1. The molecule has 1 fully saturated rings. The molecule has 2 aromatic heterocycles. The monoisotopic (exact) mass is 507 g/mol. The molecule has 0 bridgehead atoms. The Kier molecular flexibility index (Phi) is 7.22. The predicted octanol–water partition coefficient (Wildman–Crippen LogP) is 4.09. The molecule has 192 valence electrons. The van der Waals surface area contributed by atoms with Gasteiger partial charge in [-0.2, -0.15) is 5.10 Å². The van der Waals surface area contributed by atoms with Gasteiger partial charge >= 0.3 is 0 Å². The van der Waals surface area contributed by atoms with E-state index in [9.17, 15) is 18.4 Å². The van der Waals surface area contributed by atoms with Crippen molar-refractivity contribution in [2.24, 2.45) is 0 Å². The summed E-state index contributed by atoms with van der Waals surface area (Å²) in [5.41, 5.74) is 1.54. The number of aromatic nitrogens is 4. The van der Waals surface area contributed by atoms with E-state index in [-0.39, 0.29) is 11.6 Å². The van der Waals surface area contributed by atoms with Gasteiger partial charge in [0, 0.05) is 12.1 Å². The number of carbonyl (C=O) groups excluding carboxylic acids is 2. The number of anilines is 1. The Morgan fingerprint density at radius 3 is 2.59 bits per heavy atom. The average Bonchev–Trinajstić information content (AvgIpc) is 3.53. The normalized spacial score (nSPS) is 14.1. The number of imidazole rings is 1. The van der Waals surface area contributed by atoms with Crippen LogP contribution in [0.2, 0.25) is 0 Å². The maximum atomic E-state index is 14.0. The molecule has 3 heterocycles. The van der Waals surface area contributed by atoms with Crippen LogP contribution in [-0.4, -0.2) is 63.1 Å². The van der Waals surface area contributed by atoms with Crippen LogP contribution >= 0.6 is 0 Å². The molecular weight excluding hydrogens is 480 g/mol. The molecule has 0 saturated carbocycles. The summed E-state index contributed by atoms with van der Waals surface area (Å²) in [6, 6.07) is 8.33. The van der Waals surface area contributed by atoms with E-state index in [1.54, 1.807) is 18.2 Å². The third kappa shape index (κ3) is 5.51. The molecular formula is C26H27F2N7O2. The fourth-order valence-corrected chi connectivity index (χ4v) is 4.52. The second-order valence-corrected chi connectivity index (χ2v) is 9.04. The molecule has 9 nitrogen and oxygen atoms in total. The van der Waals surface area contributed by atoms with Crippen molar-refractivity contribution in [3.05, 3.63) is 65.4 Å². The molecule has 4 N–H and O–H groups in total. The van der Waals surface area contributed by atoms with Crippen molar-refractivity contribution in [2.75, 3.05) is 31.5 Å². The van der Waals surface area contributed by atoms with E-state index in [0.29, 0.717) is 34.7 Å². The lowest BCUT2D eigenvalue weighted by molar-refractivity contribution is 0.0950. The third-order valence-corrected chi connectivity index (χ3v) is 6.44. The Morgan fingerprint density at radius 2 is 1.81 bits per heavy atom. The van der Waals surface area contributed by atoms with E-state index < -0.39 is 23.1 Å². The first-order valence-corrected chi connectivity index (χ1v) is 12.3. The number of benzene rings is 2. The lowest BCUT2D eigenvalue weighted by Gasteiger charge is -2.26. The van der Waals surface area contributed by atoms with Crippen molar-refractivity contribution < 1.29 is 18.4 Å². The first-order chi connectivity index (χ1) is 18.0. The maximum absolute atomic E-state index is 14.0. The van der Waals surface area contributed by atoms with Gasteiger partial charge in [0.15, 0.2) is 5.82 Å². The highest BCUT2D eigenvalue weighted by molar-refractivity contribution is 6.06. The van der Waals surface area contributed by atoms with Crippen LogP contribution in [0.4, 0.5) is 14.5 Å². The van der Waals surface area contributed by atoms with Crippen LogP contribution < -0.4 is 10.6 Å². The number of halogens is 2. The number of likely N-dealkylation sites (tertiary alicyclic amines) is 1. The molecule has 4 aromatic rings. The number of nitrogens with one attached hydrogen (secondary N) is 4. The second-order valence-electron chi connectivity index (χ2n) is 9.04. The summed E-state index contributed by atoms with van der Waals surface area (Å²) in [4.78, 5) is 35.2. The summed E-state index contributed by atoms with van der Waals surface area (Å²) in [7, 11) is 0. The van der Waals surface area contributed by atoms with Gasteiger partial charge < -0.3 is 20.5 Å². The highest BCUT2D eigenvalue weighted by Crippen LogP contribution is 2.27. The van der Waals surface area contributed by atoms with Crippen LogP contribution in [-0.2, 0) is 0 Å². The molecule has 0 unspecified atom stereocenters. The number of hydrogen-bond donors (Lipinski definition) is 4. The van der Waals surface area contributed by atoms with Crippen molar-refractivity contribution in [3.8, 4) is 11.5 Å². The Hall–Kier alpha value is -4.12. The van der Waals surface area contributed by atoms with Crippen LogP contribution in [0, 0.1) is 11.6 Å². The highest BCUT2D eigenvalue weighted by Gasteiger charge is 2.21. The molecule has 11 heteroatoms. The average molecular weight is 508 g/mol. The van der Waals surface area contributed by atoms with Gasteiger partial charge in [-0.15, -0.1) is 0 Å². The summed E-state index contributed by atoms with van der Waals surface area (Å²) in [6.07, 6.45) is 6.01. The highest BCUT2D eigenvalue weighted by atomic mass is 19.1. The number of aromatic amines is 2. The largest absolute Gasteiger partial charge is 0.352 e. The number of carbonyl (C=O) groups is 2. The predicted molar refractivity (Wildman–Crippen MR) is 135 cm³/mol. The molecule has 1 aliphatic heterocycles. The van der Waals surface area contributed by atoms with Crippen LogP contribution in [0.15, 0.2) is 42.6 Å². The number of H-pyrrole nitrogens is 2. The smallest absolute Gasteiger partial charge is 0.261 e. The molecule has 0 atom stereocenters. The minimum atomic E-state index is -0.969. The van der Waals surface area contributed by atoms with E-state index in [4.69, 9.17) is 0 Å². The molecule has 1 saturated heterocycles. The van der Waals surface area contributed by atoms with Gasteiger partial charge in [-0.3, -0.25) is 14.7 Å². The Balaban J connectivity index is 1.25. The molecule has 0 spiro atoms. The number of piperidine rings is 1. The van der Waals surface area contributed by atoms with Crippen LogP contribution in [0.5, 0.6) is 0 Å². The first-order valence-electron chi connectivity index (χ1n) is 12.3. The van der Waals surface area contributed by atoms with Gasteiger partial charge in [0.2, 0.25) is 0 Å². The van der Waals surface area contributed by atoms with Crippen molar-refractivity contribution in [1.29, 1.82) is 0 Å². The topological polar surface area (TPSA) is 119 Å². The molecule has 0 radical (unpaired) electrons. The van der Waals surface area contributed by atoms with E-state index in [1.807, 2.05) is 0 Å². The van der Waals surface area contributed by atoms with Crippen molar-refractivity contribution in [2.45, 2.75) is 25.7 Å².